The summed E-state index contributed by atoms with van der Waals surface area (Å²) in [5, 5.41) is 10.9. The number of carbonyl (C=O) groups is 1. The monoisotopic (exact) mass is 391 g/mol. The van der Waals surface area contributed by atoms with Crippen molar-refractivity contribution in [3.8, 4) is 5.75 Å². The molecule has 0 unspecified atom stereocenters. The number of aromatic hydroxyl groups is 1. The van der Waals surface area contributed by atoms with Crippen molar-refractivity contribution in [2.24, 2.45) is 0 Å². The van der Waals surface area contributed by atoms with Crippen molar-refractivity contribution in [1.29, 1.82) is 0 Å². The molecule has 146 valence electrons. The minimum absolute atomic E-state index is 0.0336. The number of pyridine rings is 1. The molecular weight excluding hydrogens is 375 g/mol. The van der Waals surface area contributed by atoms with Gasteiger partial charge < -0.3 is 14.8 Å². The summed E-state index contributed by atoms with van der Waals surface area (Å²) in [6.45, 7) is 1.59. The molecule has 0 amide bonds. The van der Waals surface area contributed by atoms with Crippen LogP contribution in [-0.2, 0) is 9.53 Å². The van der Waals surface area contributed by atoms with Gasteiger partial charge in [0.25, 0.3) is 5.56 Å². The number of carbonyl (C=O) groups excluding carboxylic acids is 1. The van der Waals surface area contributed by atoms with Crippen molar-refractivity contribution in [3.63, 3.8) is 0 Å². The zero-order valence-electron chi connectivity index (χ0n) is 14.8. The van der Waals surface area contributed by atoms with Crippen LogP contribution < -0.4 is 5.56 Å². The summed E-state index contributed by atoms with van der Waals surface area (Å²) < 4.78 is 46.4. The van der Waals surface area contributed by atoms with E-state index in [2.05, 4.69) is 4.98 Å². The lowest BCUT2D eigenvalue weighted by Gasteiger charge is -2.19. The van der Waals surface area contributed by atoms with Crippen LogP contribution in [0.25, 0.3) is 10.9 Å². The van der Waals surface area contributed by atoms with Gasteiger partial charge in [0, 0.05) is 11.3 Å². The number of ether oxygens (including phenoxy) is 1. The van der Waals surface area contributed by atoms with Gasteiger partial charge in [0.2, 0.25) is 0 Å². The van der Waals surface area contributed by atoms with E-state index < -0.39 is 52.6 Å². The maximum Gasteiger partial charge on any atom is 0.306 e. The van der Waals surface area contributed by atoms with E-state index in [0.717, 1.165) is 6.07 Å². The molecule has 0 saturated heterocycles. The van der Waals surface area contributed by atoms with Crippen LogP contribution in [-0.4, -0.2) is 22.7 Å². The number of rotatable bonds is 5. The maximum atomic E-state index is 14.5. The molecule has 1 heterocycles. The second kappa shape index (κ2) is 7.75. The second-order valence-electron chi connectivity index (χ2n) is 6.09. The molecule has 1 atom stereocenters. The highest BCUT2D eigenvalue weighted by Gasteiger charge is 2.30. The van der Waals surface area contributed by atoms with Gasteiger partial charge in [0.15, 0.2) is 17.5 Å². The van der Waals surface area contributed by atoms with Gasteiger partial charge in [-0.05, 0) is 30.7 Å². The summed E-state index contributed by atoms with van der Waals surface area (Å²) in [5.74, 6) is -7.33. The number of hydrogen-bond donors (Lipinski definition) is 2. The second-order valence-corrected chi connectivity index (χ2v) is 6.09. The van der Waals surface area contributed by atoms with Crippen molar-refractivity contribution < 1.29 is 27.8 Å². The molecular formula is C20H16F3NO4. The van der Waals surface area contributed by atoms with Crippen LogP contribution in [0.5, 0.6) is 5.75 Å². The minimum Gasteiger partial charge on any atom is -0.507 e. The summed E-state index contributed by atoms with van der Waals surface area (Å²) in [4.78, 5) is 27.2. The molecule has 5 nitrogen and oxygen atoms in total. The number of para-hydroxylation sites is 1. The summed E-state index contributed by atoms with van der Waals surface area (Å²) in [7, 11) is 0. The molecule has 0 saturated carbocycles. The Hall–Kier alpha value is -3.29. The Bertz CT molecular complexity index is 1110. The van der Waals surface area contributed by atoms with E-state index in [1.165, 1.54) is 6.07 Å². The van der Waals surface area contributed by atoms with Crippen LogP contribution in [0.2, 0.25) is 0 Å². The third-order valence-electron chi connectivity index (χ3n) is 4.40. The number of halogens is 3. The molecule has 0 aliphatic rings. The van der Waals surface area contributed by atoms with Gasteiger partial charge >= 0.3 is 5.97 Å². The Kier molecular flexibility index (Phi) is 5.39. The van der Waals surface area contributed by atoms with Gasteiger partial charge in [-0.15, -0.1) is 0 Å². The average Bonchev–Trinajstić information content (AvgIpc) is 2.66. The van der Waals surface area contributed by atoms with Crippen molar-refractivity contribution in [3.05, 3.63) is 75.3 Å². The molecule has 0 aliphatic carbocycles. The standard InChI is InChI=1S/C20H16F3NO4/c1-2-28-15(25)9-12(10-7-8-13(21)18(23)17(10)22)16-19(26)11-5-3-4-6-14(11)24-20(16)27/h3-8,12H,2,9H2,1H3,(H2,24,26,27)/t12-/m1/s1. The Morgan fingerprint density at radius 1 is 1.14 bits per heavy atom. The van der Waals surface area contributed by atoms with Crippen molar-refractivity contribution in [2.75, 3.05) is 6.61 Å². The Labute approximate surface area is 157 Å². The van der Waals surface area contributed by atoms with E-state index in [1.54, 1.807) is 25.1 Å². The van der Waals surface area contributed by atoms with Crippen molar-refractivity contribution in [2.45, 2.75) is 19.3 Å². The third kappa shape index (κ3) is 3.45. The normalized spacial score (nSPS) is 12.1. The highest BCUT2D eigenvalue weighted by atomic mass is 19.2. The van der Waals surface area contributed by atoms with E-state index in [1.807, 2.05) is 0 Å². The highest BCUT2D eigenvalue weighted by Crippen LogP contribution is 2.37. The van der Waals surface area contributed by atoms with E-state index in [0.29, 0.717) is 11.6 Å². The molecule has 2 N–H and O–H groups in total. The van der Waals surface area contributed by atoms with Crippen molar-refractivity contribution in [1.82, 2.24) is 4.98 Å². The fraction of sp³-hybridized carbons (Fsp3) is 0.200. The van der Waals surface area contributed by atoms with E-state index >= 15 is 0 Å². The molecule has 3 rings (SSSR count). The number of esters is 1. The Morgan fingerprint density at radius 2 is 1.86 bits per heavy atom. The zero-order valence-corrected chi connectivity index (χ0v) is 14.8. The van der Waals surface area contributed by atoms with E-state index in [4.69, 9.17) is 4.74 Å². The predicted molar refractivity (Wildman–Crippen MR) is 95.6 cm³/mol. The number of fused-ring (bicyclic) bond motifs is 1. The third-order valence-corrected chi connectivity index (χ3v) is 4.40. The summed E-state index contributed by atoms with van der Waals surface area (Å²) in [6, 6.07) is 7.96. The number of aromatic nitrogens is 1. The van der Waals surface area contributed by atoms with Crippen LogP contribution in [0.1, 0.15) is 30.4 Å². The SMILES string of the molecule is CCOC(=O)C[C@H](c1ccc(F)c(F)c1F)c1c(O)c2ccccc2[nH]c1=O. The first-order valence-electron chi connectivity index (χ1n) is 8.48. The molecule has 0 bridgehead atoms. The largest absolute Gasteiger partial charge is 0.507 e. The van der Waals surface area contributed by atoms with Crippen molar-refractivity contribution >= 4 is 16.9 Å². The van der Waals surface area contributed by atoms with E-state index in [9.17, 15) is 27.9 Å². The number of H-pyrrole nitrogens is 1. The van der Waals surface area contributed by atoms with Crippen LogP contribution in [0, 0.1) is 17.5 Å². The Morgan fingerprint density at radius 3 is 2.57 bits per heavy atom. The lowest BCUT2D eigenvalue weighted by molar-refractivity contribution is -0.143. The van der Waals surface area contributed by atoms with E-state index in [-0.39, 0.29) is 17.6 Å². The molecule has 0 aliphatic heterocycles. The van der Waals surface area contributed by atoms with Gasteiger partial charge in [0.05, 0.1) is 24.1 Å². The quantitative estimate of drug-likeness (QED) is 0.513. The van der Waals surface area contributed by atoms with Gasteiger partial charge in [0.1, 0.15) is 5.75 Å². The van der Waals surface area contributed by atoms with Crippen LogP contribution in [0.3, 0.4) is 0 Å². The molecule has 0 radical (unpaired) electrons. The predicted octanol–water partition coefficient (Wildman–Crippen LogP) is 3.74. The minimum atomic E-state index is -1.73. The molecule has 1 aromatic heterocycles. The van der Waals surface area contributed by atoms with Gasteiger partial charge in [-0.25, -0.2) is 13.2 Å². The molecule has 0 spiro atoms. The smallest absolute Gasteiger partial charge is 0.306 e. The molecule has 8 heteroatoms. The first-order valence-corrected chi connectivity index (χ1v) is 8.48. The van der Waals surface area contributed by atoms with Gasteiger partial charge in [-0.1, -0.05) is 18.2 Å². The fourth-order valence-electron chi connectivity index (χ4n) is 3.13. The van der Waals surface area contributed by atoms with Gasteiger partial charge in [-0.3, -0.25) is 9.59 Å². The highest BCUT2D eigenvalue weighted by molar-refractivity contribution is 5.86. The lowest BCUT2D eigenvalue weighted by atomic mass is 9.87. The molecule has 2 aromatic carbocycles. The maximum absolute atomic E-state index is 14.5. The number of benzene rings is 2. The topological polar surface area (TPSA) is 79.4 Å². The van der Waals surface area contributed by atoms with Crippen LogP contribution in [0.15, 0.2) is 41.2 Å². The number of hydrogen-bond acceptors (Lipinski definition) is 4. The summed E-state index contributed by atoms with van der Waals surface area (Å²) >= 11 is 0. The number of nitrogens with one attached hydrogen (secondary N) is 1. The summed E-state index contributed by atoms with van der Waals surface area (Å²) in [5.41, 5.74) is -1.23. The zero-order chi connectivity index (χ0) is 20.4. The summed E-state index contributed by atoms with van der Waals surface area (Å²) in [6.07, 6.45) is -0.551. The van der Waals surface area contributed by atoms with Crippen LogP contribution >= 0.6 is 0 Å². The number of aromatic amines is 1. The first-order chi connectivity index (χ1) is 13.3. The lowest BCUT2D eigenvalue weighted by Crippen LogP contribution is -2.22. The molecule has 0 fully saturated rings. The average molecular weight is 391 g/mol. The Balaban J connectivity index is 2.26. The van der Waals surface area contributed by atoms with Gasteiger partial charge in [-0.2, -0.15) is 0 Å². The molecule has 3 aromatic rings. The fourth-order valence-corrected chi connectivity index (χ4v) is 3.13. The molecule has 28 heavy (non-hydrogen) atoms. The van der Waals surface area contributed by atoms with Crippen LogP contribution in [0.4, 0.5) is 13.2 Å². The first kappa shape index (κ1) is 19.5.